The van der Waals surface area contributed by atoms with Crippen LogP contribution in [0, 0.1) is 0 Å². The molecule has 0 aliphatic carbocycles. The maximum atomic E-state index is 12.3. The number of benzene rings is 3. The Morgan fingerprint density at radius 1 is 0.818 bits per heavy atom. The molecule has 0 heterocycles. The number of amides is 2. The third-order valence-corrected chi connectivity index (χ3v) is 4.52. The van der Waals surface area contributed by atoms with Crippen LogP contribution in [-0.2, 0) is 14.3 Å². The summed E-state index contributed by atoms with van der Waals surface area (Å²) in [5.41, 5.74) is 0.894. The number of ether oxygens (including phenoxy) is 3. The number of anilines is 1. The van der Waals surface area contributed by atoms with E-state index in [2.05, 4.69) is 10.6 Å². The normalized spacial score (nSPS) is 11.1. The summed E-state index contributed by atoms with van der Waals surface area (Å²) in [5, 5.41) is 5.13. The minimum absolute atomic E-state index is 0.367. The molecule has 0 radical (unpaired) electrons. The average Bonchev–Trinajstić information content (AvgIpc) is 2.84. The smallest absolute Gasteiger partial charge is 0.326 e. The zero-order chi connectivity index (χ0) is 23.6. The highest BCUT2D eigenvalue weighted by Crippen LogP contribution is 2.22. The Kier molecular flexibility index (Phi) is 8.02. The van der Waals surface area contributed by atoms with Crippen molar-refractivity contribution in [3.63, 3.8) is 0 Å². The third kappa shape index (κ3) is 7.10. The van der Waals surface area contributed by atoms with Crippen molar-refractivity contribution in [2.75, 3.05) is 19.0 Å². The summed E-state index contributed by atoms with van der Waals surface area (Å²) in [6, 6.07) is 22.5. The molecule has 3 aromatic carbocycles. The van der Waals surface area contributed by atoms with Gasteiger partial charge >= 0.3 is 5.97 Å². The fourth-order valence-corrected chi connectivity index (χ4v) is 2.76. The van der Waals surface area contributed by atoms with E-state index >= 15 is 0 Å². The van der Waals surface area contributed by atoms with Crippen LogP contribution in [-0.4, -0.2) is 37.5 Å². The summed E-state index contributed by atoms with van der Waals surface area (Å²) in [7, 11) is 1.53. The lowest BCUT2D eigenvalue weighted by atomic mass is 10.2. The summed E-state index contributed by atoms with van der Waals surface area (Å²) in [6.07, 6.45) is -1.05. The molecular weight excluding hydrogens is 424 g/mol. The molecule has 0 aromatic heterocycles. The molecule has 33 heavy (non-hydrogen) atoms. The van der Waals surface area contributed by atoms with Gasteiger partial charge in [0.2, 0.25) is 0 Å². The van der Waals surface area contributed by atoms with Crippen molar-refractivity contribution in [1.82, 2.24) is 5.32 Å². The van der Waals surface area contributed by atoms with E-state index in [0.29, 0.717) is 28.5 Å². The maximum absolute atomic E-state index is 12.3. The standard InChI is InChI=1S/C25H24N2O6/c1-17(32-23(28)16-26-25(30)18-8-12-20(31-2)13-9-18)24(29)27-19-10-14-22(15-11-19)33-21-6-4-3-5-7-21/h3-15,17H,16H2,1-2H3,(H,26,30)(H,27,29). The lowest BCUT2D eigenvalue weighted by Crippen LogP contribution is -2.35. The van der Waals surface area contributed by atoms with Crippen molar-refractivity contribution in [3.8, 4) is 17.2 Å². The summed E-state index contributed by atoms with van der Waals surface area (Å²) in [5.74, 6) is 0.265. The number of methoxy groups -OCH3 is 1. The maximum Gasteiger partial charge on any atom is 0.326 e. The van der Waals surface area contributed by atoms with Gasteiger partial charge in [0.1, 0.15) is 23.8 Å². The van der Waals surface area contributed by atoms with Crippen LogP contribution in [0.2, 0.25) is 0 Å². The molecule has 0 saturated carbocycles. The monoisotopic (exact) mass is 448 g/mol. The highest BCUT2D eigenvalue weighted by atomic mass is 16.5. The van der Waals surface area contributed by atoms with Crippen molar-refractivity contribution in [1.29, 1.82) is 0 Å². The van der Waals surface area contributed by atoms with Gasteiger partial charge in [-0.1, -0.05) is 18.2 Å². The second kappa shape index (κ2) is 11.3. The third-order valence-electron chi connectivity index (χ3n) is 4.52. The molecule has 8 heteroatoms. The largest absolute Gasteiger partial charge is 0.497 e. The fourth-order valence-electron chi connectivity index (χ4n) is 2.76. The highest BCUT2D eigenvalue weighted by Gasteiger charge is 2.18. The first-order valence-corrected chi connectivity index (χ1v) is 10.2. The number of nitrogens with one attached hydrogen (secondary N) is 2. The summed E-state index contributed by atoms with van der Waals surface area (Å²) < 4.78 is 15.8. The molecule has 2 N–H and O–H groups in total. The Bertz CT molecular complexity index is 1080. The van der Waals surface area contributed by atoms with Gasteiger partial charge in [-0.3, -0.25) is 14.4 Å². The molecule has 170 valence electrons. The molecule has 0 bridgehead atoms. The van der Waals surface area contributed by atoms with Crippen LogP contribution in [0.5, 0.6) is 17.2 Å². The first-order chi connectivity index (χ1) is 15.9. The minimum Gasteiger partial charge on any atom is -0.497 e. The lowest BCUT2D eigenvalue weighted by Gasteiger charge is -2.14. The van der Waals surface area contributed by atoms with Gasteiger partial charge in [-0.2, -0.15) is 0 Å². The molecular formula is C25H24N2O6. The number of hydrogen-bond donors (Lipinski definition) is 2. The van der Waals surface area contributed by atoms with E-state index in [1.54, 1.807) is 48.5 Å². The zero-order valence-electron chi connectivity index (χ0n) is 18.2. The van der Waals surface area contributed by atoms with E-state index in [-0.39, 0.29) is 6.54 Å². The average molecular weight is 448 g/mol. The molecule has 8 nitrogen and oxygen atoms in total. The Labute approximate surface area is 191 Å². The van der Waals surface area contributed by atoms with Crippen molar-refractivity contribution in [2.45, 2.75) is 13.0 Å². The fraction of sp³-hybridized carbons (Fsp3) is 0.160. The van der Waals surface area contributed by atoms with Gasteiger partial charge in [-0.05, 0) is 67.6 Å². The summed E-state index contributed by atoms with van der Waals surface area (Å²) >= 11 is 0. The van der Waals surface area contributed by atoms with Crippen LogP contribution in [0.15, 0.2) is 78.9 Å². The molecule has 0 fully saturated rings. The summed E-state index contributed by atoms with van der Waals surface area (Å²) in [4.78, 5) is 36.4. The molecule has 3 aromatic rings. The number of esters is 1. The molecule has 0 spiro atoms. The summed E-state index contributed by atoms with van der Waals surface area (Å²) in [6.45, 7) is 1.08. The second-order valence-electron chi connectivity index (χ2n) is 6.97. The van der Waals surface area contributed by atoms with E-state index < -0.39 is 23.9 Å². The number of rotatable bonds is 9. The molecule has 0 saturated heterocycles. The molecule has 1 unspecified atom stereocenters. The number of para-hydroxylation sites is 1. The van der Waals surface area contributed by atoms with Crippen LogP contribution in [0.4, 0.5) is 5.69 Å². The Balaban J connectivity index is 1.43. The van der Waals surface area contributed by atoms with Crippen molar-refractivity contribution in [2.24, 2.45) is 0 Å². The van der Waals surface area contributed by atoms with Crippen molar-refractivity contribution in [3.05, 3.63) is 84.4 Å². The van der Waals surface area contributed by atoms with E-state index in [9.17, 15) is 14.4 Å². The molecule has 1 atom stereocenters. The Morgan fingerprint density at radius 3 is 2.06 bits per heavy atom. The van der Waals surface area contributed by atoms with Crippen LogP contribution < -0.4 is 20.1 Å². The zero-order valence-corrected chi connectivity index (χ0v) is 18.2. The SMILES string of the molecule is COc1ccc(C(=O)NCC(=O)OC(C)C(=O)Nc2ccc(Oc3ccccc3)cc2)cc1. The number of hydrogen-bond acceptors (Lipinski definition) is 6. The van der Waals surface area contributed by atoms with Gasteiger partial charge in [0.25, 0.3) is 11.8 Å². The van der Waals surface area contributed by atoms with Gasteiger partial charge in [0.15, 0.2) is 6.10 Å². The van der Waals surface area contributed by atoms with Gasteiger partial charge in [0.05, 0.1) is 7.11 Å². The number of carbonyl (C=O) groups excluding carboxylic acids is 3. The molecule has 2 amide bonds. The first-order valence-electron chi connectivity index (χ1n) is 10.2. The molecule has 0 aliphatic heterocycles. The predicted molar refractivity (Wildman–Crippen MR) is 122 cm³/mol. The van der Waals surface area contributed by atoms with E-state index in [4.69, 9.17) is 14.2 Å². The molecule has 0 aliphatic rings. The van der Waals surface area contributed by atoms with Crippen LogP contribution in [0.3, 0.4) is 0 Å². The van der Waals surface area contributed by atoms with Gasteiger partial charge in [-0.15, -0.1) is 0 Å². The predicted octanol–water partition coefficient (Wildman–Crippen LogP) is 3.79. The van der Waals surface area contributed by atoms with E-state index in [0.717, 1.165) is 0 Å². The van der Waals surface area contributed by atoms with Gasteiger partial charge in [0, 0.05) is 11.3 Å². The topological polar surface area (TPSA) is 103 Å². The quantitative estimate of drug-likeness (QED) is 0.483. The van der Waals surface area contributed by atoms with Crippen molar-refractivity contribution >= 4 is 23.5 Å². The highest BCUT2D eigenvalue weighted by molar-refractivity contribution is 5.97. The van der Waals surface area contributed by atoms with Crippen LogP contribution in [0.1, 0.15) is 17.3 Å². The first kappa shape index (κ1) is 23.3. The Hall–Kier alpha value is -4.33. The second-order valence-corrected chi connectivity index (χ2v) is 6.97. The van der Waals surface area contributed by atoms with Crippen LogP contribution >= 0.6 is 0 Å². The van der Waals surface area contributed by atoms with E-state index in [1.807, 2.05) is 30.3 Å². The van der Waals surface area contributed by atoms with E-state index in [1.165, 1.54) is 14.0 Å². The van der Waals surface area contributed by atoms with Gasteiger partial charge in [-0.25, -0.2) is 0 Å². The van der Waals surface area contributed by atoms with Crippen LogP contribution in [0.25, 0.3) is 0 Å². The van der Waals surface area contributed by atoms with Crippen molar-refractivity contribution < 1.29 is 28.6 Å². The minimum atomic E-state index is -1.05. The number of carbonyl (C=O) groups is 3. The lowest BCUT2D eigenvalue weighted by molar-refractivity contribution is -0.152. The molecule has 3 rings (SSSR count). The Morgan fingerprint density at radius 2 is 1.42 bits per heavy atom. The van der Waals surface area contributed by atoms with Gasteiger partial charge < -0.3 is 24.8 Å².